The first-order valence-corrected chi connectivity index (χ1v) is 11.7. The molecule has 0 aromatic heterocycles. The van der Waals surface area contributed by atoms with Crippen LogP contribution in [0.1, 0.15) is 65.2 Å². The van der Waals surface area contributed by atoms with Crippen LogP contribution in [0.5, 0.6) is 0 Å². The number of Topliss-reactive ketones (excluding diaryl/α,β-unsaturated/α-hetero) is 1. The molecule has 0 aliphatic heterocycles. The number of allylic oxidation sites excluding steroid dienone is 1. The molecule has 4 aliphatic carbocycles. The molecule has 0 aromatic rings. The van der Waals surface area contributed by atoms with Crippen LogP contribution < -0.4 is 0 Å². The lowest BCUT2D eigenvalue weighted by molar-refractivity contribution is -0.135. The summed E-state index contributed by atoms with van der Waals surface area (Å²) in [6.07, 6.45) is 9.96. The molecule has 0 amide bonds. The summed E-state index contributed by atoms with van der Waals surface area (Å²) < 4.78 is 0. The van der Waals surface area contributed by atoms with E-state index in [1.165, 1.54) is 12.8 Å². The second-order valence-corrected chi connectivity index (χ2v) is 10.7. The third-order valence-corrected chi connectivity index (χ3v) is 9.49. The summed E-state index contributed by atoms with van der Waals surface area (Å²) >= 11 is 0. The first-order valence-electron chi connectivity index (χ1n) is 11.7. The van der Waals surface area contributed by atoms with Crippen LogP contribution in [0.2, 0.25) is 0 Å². The number of hydrogen-bond donors (Lipinski definition) is 3. The van der Waals surface area contributed by atoms with Crippen molar-refractivity contribution in [3.63, 3.8) is 0 Å². The number of hydrogen-bond acceptors (Lipinski definition) is 5. The Hall–Kier alpha value is -0.910. The lowest BCUT2D eigenvalue weighted by atomic mass is 9.45. The molecule has 0 spiro atoms. The molecule has 0 radical (unpaired) electrons. The summed E-state index contributed by atoms with van der Waals surface area (Å²) in [6, 6.07) is 0. The number of aliphatic hydroxyl groups excluding tert-OH is 3. The van der Waals surface area contributed by atoms with Crippen molar-refractivity contribution in [1.82, 2.24) is 4.90 Å². The van der Waals surface area contributed by atoms with Crippen LogP contribution in [-0.4, -0.2) is 58.4 Å². The zero-order chi connectivity index (χ0) is 20.8. The van der Waals surface area contributed by atoms with Gasteiger partial charge >= 0.3 is 0 Å². The summed E-state index contributed by atoms with van der Waals surface area (Å²) in [6.45, 7) is 5.67. The van der Waals surface area contributed by atoms with Crippen molar-refractivity contribution in [1.29, 1.82) is 0 Å². The molecular formula is C24H39NO4. The third-order valence-electron chi connectivity index (χ3n) is 9.49. The molecule has 5 heteroatoms. The predicted octanol–water partition coefficient (Wildman–Crippen LogP) is 2.74. The van der Waals surface area contributed by atoms with Crippen LogP contribution in [-0.2, 0) is 4.79 Å². The maximum absolute atomic E-state index is 12.9. The van der Waals surface area contributed by atoms with Gasteiger partial charge in [0.15, 0.2) is 5.78 Å². The molecule has 4 saturated carbocycles. The summed E-state index contributed by atoms with van der Waals surface area (Å²) in [5, 5.41) is 29.3. The van der Waals surface area contributed by atoms with Gasteiger partial charge in [0.25, 0.3) is 0 Å². The Balaban J connectivity index is 1.59. The lowest BCUT2D eigenvalue weighted by Crippen LogP contribution is -2.54. The standard InChI is InChI=1S/C24H39NO4/c1-23-8-7-20-18(19(23)5-6-22(23)29)4-3-17-13-21(28)16(14-24(17,20)2)15-25(9-11-26)10-12-27/h15,17-20,22,26-27,29H,3-14H2,1-2H3/b16-15+/t17-,18-,19-,20-,22?,23-,24-/m0/s1. The Morgan fingerprint density at radius 2 is 1.69 bits per heavy atom. The minimum atomic E-state index is -0.145. The van der Waals surface area contributed by atoms with Gasteiger partial charge < -0.3 is 20.2 Å². The molecule has 4 rings (SSSR count). The zero-order valence-electron chi connectivity index (χ0n) is 18.1. The highest BCUT2D eigenvalue weighted by Gasteiger charge is 2.60. The van der Waals surface area contributed by atoms with Crippen LogP contribution in [0.25, 0.3) is 0 Å². The van der Waals surface area contributed by atoms with Crippen LogP contribution in [0.15, 0.2) is 11.8 Å². The Morgan fingerprint density at radius 3 is 2.38 bits per heavy atom. The van der Waals surface area contributed by atoms with E-state index >= 15 is 0 Å². The van der Waals surface area contributed by atoms with E-state index in [1.807, 2.05) is 11.1 Å². The first-order chi connectivity index (χ1) is 13.8. The maximum Gasteiger partial charge on any atom is 0.160 e. The van der Waals surface area contributed by atoms with Crippen molar-refractivity contribution in [3.8, 4) is 0 Å². The van der Waals surface area contributed by atoms with Gasteiger partial charge in [-0.3, -0.25) is 4.79 Å². The number of carbonyl (C=O) groups is 1. The van der Waals surface area contributed by atoms with E-state index in [4.69, 9.17) is 0 Å². The number of fused-ring (bicyclic) bond motifs is 5. The highest BCUT2D eigenvalue weighted by molar-refractivity contribution is 5.96. The number of ketones is 1. The van der Waals surface area contributed by atoms with Crippen LogP contribution in [0.3, 0.4) is 0 Å². The molecule has 1 unspecified atom stereocenters. The van der Waals surface area contributed by atoms with Crippen LogP contribution >= 0.6 is 0 Å². The topological polar surface area (TPSA) is 81.0 Å². The molecular weight excluding hydrogens is 366 g/mol. The van der Waals surface area contributed by atoms with E-state index in [0.29, 0.717) is 43.2 Å². The maximum atomic E-state index is 12.9. The summed E-state index contributed by atoms with van der Waals surface area (Å²) in [4.78, 5) is 14.8. The number of aliphatic hydroxyl groups is 3. The SMILES string of the molecule is C[C@]12C/C(=C\N(CCO)CCO)C(=O)C[C@@H]1CC[C@@H]1[C@@H]2CC[C@]2(C)C(O)CC[C@@H]12. The fourth-order valence-electron chi connectivity index (χ4n) is 7.82. The number of carbonyl (C=O) groups excluding carboxylic acids is 1. The summed E-state index contributed by atoms with van der Waals surface area (Å²) in [7, 11) is 0. The molecule has 3 N–H and O–H groups in total. The van der Waals surface area contributed by atoms with Crippen molar-refractivity contribution in [3.05, 3.63) is 11.8 Å². The van der Waals surface area contributed by atoms with Crippen molar-refractivity contribution in [2.75, 3.05) is 26.3 Å². The number of nitrogens with zero attached hydrogens (tertiary/aromatic N) is 1. The third kappa shape index (κ3) is 3.47. The highest BCUT2D eigenvalue weighted by atomic mass is 16.3. The quantitative estimate of drug-likeness (QED) is 0.613. The average Bonchev–Trinajstić information content (AvgIpc) is 2.98. The van der Waals surface area contributed by atoms with Crippen molar-refractivity contribution < 1.29 is 20.1 Å². The number of rotatable bonds is 5. The fraction of sp³-hybridized carbons (Fsp3) is 0.875. The van der Waals surface area contributed by atoms with E-state index in [9.17, 15) is 20.1 Å². The van der Waals surface area contributed by atoms with Crippen molar-refractivity contribution in [2.45, 2.75) is 71.3 Å². The van der Waals surface area contributed by atoms with Gasteiger partial charge in [0, 0.05) is 31.3 Å². The molecule has 0 heterocycles. The Bertz CT molecular complexity index is 657. The highest BCUT2D eigenvalue weighted by Crippen LogP contribution is 2.66. The minimum absolute atomic E-state index is 0.0190. The Morgan fingerprint density at radius 1 is 1.00 bits per heavy atom. The van der Waals surface area contributed by atoms with Gasteiger partial charge in [0.05, 0.1) is 19.3 Å². The first kappa shape index (κ1) is 21.3. The van der Waals surface area contributed by atoms with E-state index < -0.39 is 0 Å². The lowest BCUT2D eigenvalue weighted by Gasteiger charge is -2.60. The molecule has 4 fully saturated rings. The molecule has 5 nitrogen and oxygen atoms in total. The van der Waals surface area contributed by atoms with Gasteiger partial charge in [-0.25, -0.2) is 0 Å². The van der Waals surface area contributed by atoms with Gasteiger partial charge in [-0.2, -0.15) is 0 Å². The van der Waals surface area contributed by atoms with Gasteiger partial charge in [-0.15, -0.1) is 0 Å². The van der Waals surface area contributed by atoms with Gasteiger partial charge in [-0.05, 0) is 79.4 Å². The van der Waals surface area contributed by atoms with Gasteiger partial charge in [0.2, 0.25) is 0 Å². The molecule has 164 valence electrons. The van der Waals surface area contributed by atoms with Crippen molar-refractivity contribution in [2.24, 2.45) is 34.5 Å². The van der Waals surface area contributed by atoms with Gasteiger partial charge in [0.1, 0.15) is 0 Å². The summed E-state index contributed by atoms with van der Waals surface area (Å²) in [5.41, 5.74) is 1.11. The van der Waals surface area contributed by atoms with E-state index in [0.717, 1.165) is 37.7 Å². The molecule has 29 heavy (non-hydrogen) atoms. The normalized spacial score (nSPS) is 45.6. The van der Waals surface area contributed by atoms with Crippen LogP contribution in [0, 0.1) is 34.5 Å². The zero-order valence-corrected chi connectivity index (χ0v) is 18.1. The molecule has 7 atom stereocenters. The fourth-order valence-corrected chi connectivity index (χ4v) is 7.82. The smallest absolute Gasteiger partial charge is 0.160 e. The van der Waals surface area contributed by atoms with E-state index in [1.54, 1.807) is 0 Å². The molecule has 4 aliphatic rings. The second kappa shape index (κ2) is 7.97. The monoisotopic (exact) mass is 405 g/mol. The van der Waals surface area contributed by atoms with Gasteiger partial charge in [-0.1, -0.05) is 13.8 Å². The second-order valence-electron chi connectivity index (χ2n) is 10.7. The Kier molecular flexibility index (Phi) is 5.86. The summed E-state index contributed by atoms with van der Waals surface area (Å²) in [5.74, 6) is 2.65. The van der Waals surface area contributed by atoms with E-state index in [2.05, 4.69) is 13.8 Å². The molecule has 0 saturated heterocycles. The van der Waals surface area contributed by atoms with E-state index in [-0.39, 0.29) is 35.9 Å². The average molecular weight is 406 g/mol. The van der Waals surface area contributed by atoms with Crippen LogP contribution in [0.4, 0.5) is 0 Å². The van der Waals surface area contributed by atoms with Crippen molar-refractivity contribution >= 4 is 5.78 Å². The predicted molar refractivity (Wildman–Crippen MR) is 112 cm³/mol. The Labute approximate surface area is 175 Å². The molecule has 0 bridgehead atoms. The molecule has 0 aromatic carbocycles. The minimum Gasteiger partial charge on any atom is -0.395 e. The largest absolute Gasteiger partial charge is 0.395 e.